The fraction of sp³-hybridized carbons (Fsp3) is 0.917. The lowest BCUT2D eigenvalue weighted by Crippen LogP contribution is -2.49. The van der Waals surface area contributed by atoms with Crippen LogP contribution in [-0.2, 0) is 4.79 Å². The molecule has 3 nitrogen and oxygen atoms in total. The molecule has 2 fully saturated rings. The Morgan fingerprint density at radius 2 is 2.07 bits per heavy atom. The first-order valence-electron chi connectivity index (χ1n) is 6.21. The zero-order valence-electron chi connectivity index (χ0n) is 9.99. The molecular formula is C12H22N2O. The van der Waals surface area contributed by atoms with Crippen LogP contribution in [0.1, 0.15) is 46.5 Å². The molecule has 1 aliphatic heterocycles. The Balaban J connectivity index is 1.97. The van der Waals surface area contributed by atoms with E-state index in [1.54, 1.807) is 0 Å². The Kier molecular flexibility index (Phi) is 3.01. The molecule has 0 aromatic carbocycles. The lowest BCUT2D eigenvalue weighted by molar-refractivity contribution is -0.134. The van der Waals surface area contributed by atoms with Gasteiger partial charge >= 0.3 is 0 Å². The molecule has 0 radical (unpaired) electrons. The summed E-state index contributed by atoms with van der Waals surface area (Å²) < 4.78 is 0. The maximum absolute atomic E-state index is 12.1. The number of nitrogens with zero attached hydrogens (tertiary/aromatic N) is 1. The molecular weight excluding hydrogens is 188 g/mol. The standard InChI is InChI=1S/C12H22N2O/c1-4-5-11-12(15)14(9(3)13-11)10-6-8(2)7-10/h8-11,13H,4-7H2,1-3H3. The summed E-state index contributed by atoms with van der Waals surface area (Å²) in [6.07, 6.45) is 4.67. The van der Waals surface area contributed by atoms with E-state index in [0.717, 1.165) is 18.8 Å². The van der Waals surface area contributed by atoms with Crippen molar-refractivity contribution in [1.29, 1.82) is 0 Å². The van der Waals surface area contributed by atoms with Crippen LogP contribution in [0, 0.1) is 5.92 Å². The number of nitrogens with one attached hydrogen (secondary N) is 1. The minimum Gasteiger partial charge on any atom is -0.323 e. The summed E-state index contributed by atoms with van der Waals surface area (Å²) in [5, 5.41) is 3.39. The van der Waals surface area contributed by atoms with Gasteiger partial charge in [-0.1, -0.05) is 20.3 Å². The molecule has 1 aliphatic carbocycles. The number of rotatable bonds is 3. The zero-order chi connectivity index (χ0) is 11.0. The summed E-state index contributed by atoms with van der Waals surface area (Å²) in [4.78, 5) is 14.2. The molecule has 0 aromatic heterocycles. The molecule has 2 atom stereocenters. The molecule has 1 N–H and O–H groups in total. The summed E-state index contributed by atoms with van der Waals surface area (Å²) in [5.41, 5.74) is 0. The van der Waals surface area contributed by atoms with Crippen LogP contribution in [0.5, 0.6) is 0 Å². The monoisotopic (exact) mass is 210 g/mol. The quantitative estimate of drug-likeness (QED) is 0.769. The molecule has 2 unspecified atom stereocenters. The largest absolute Gasteiger partial charge is 0.323 e. The Bertz CT molecular complexity index is 248. The molecule has 0 bridgehead atoms. The zero-order valence-corrected chi connectivity index (χ0v) is 9.99. The normalized spacial score (nSPS) is 40.7. The fourth-order valence-corrected chi connectivity index (χ4v) is 2.89. The highest BCUT2D eigenvalue weighted by Gasteiger charge is 2.43. The Labute approximate surface area is 92.2 Å². The topological polar surface area (TPSA) is 32.3 Å². The summed E-state index contributed by atoms with van der Waals surface area (Å²) in [6.45, 7) is 6.50. The predicted molar refractivity (Wildman–Crippen MR) is 60.3 cm³/mol. The SMILES string of the molecule is CCCC1NC(C)N(C2CC(C)C2)C1=O. The van der Waals surface area contributed by atoms with Gasteiger partial charge in [0.15, 0.2) is 0 Å². The van der Waals surface area contributed by atoms with E-state index in [1.165, 1.54) is 12.8 Å². The predicted octanol–water partition coefficient (Wildman–Crippen LogP) is 1.73. The Morgan fingerprint density at radius 3 is 2.60 bits per heavy atom. The van der Waals surface area contributed by atoms with E-state index in [9.17, 15) is 4.79 Å². The maximum atomic E-state index is 12.1. The number of amides is 1. The Morgan fingerprint density at radius 1 is 1.40 bits per heavy atom. The van der Waals surface area contributed by atoms with Crippen molar-refractivity contribution in [1.82, 2.24) is 10.2 Å². The van der Waals surface area contributed by atoms with E-state index in [1.807, 2.05) is 0 Å². The van der Waals surface area contributed by atoms with Crippen LogP contribution < -0.4 is 5.32 Å². The van der Waals surface area contributed by atoms with Gasteiger partial charge in [0.05, 0.1) is 12.2 Å². The molecule has 86 valence electrons. The first-order chi connectivity index (χ1) is 7.13. The number of carbonyl (C=O) groups excluding carboxylic acids is 1. The molecule has 0 aromatic rings. The van der Waals surface area contributed by atoms with Crippen LogP contribution in [0.25, 0.3) is 0 Å². The molecule has 0 spiro atoms. The van der Waals surface area contributed by atoms with Crippen molar-refractivity contribution < 1.29 is 4.79 Å². The van der Waals surface area contributed by atoms with Crippen LogP contribution in [0.4, 0.5) is 0 Å². The second-order valence-electron chi connectivity index (χ2n) is 5.16. The molecule has 1 saturated heterocycles. The number of carbonyl (C=O) groups is 1. The van der Waals surface area contributed by atoms with Crippen molar-refractivity contribution in [3.63, 3.8) is 0 Å². The summed E-state index contributed by atoms with van der Waals surface area (Å²) in [6, 6.07) is 0.595. The van der Waals surface area contributed by atoms with Gasteiger partial charge in [0.2, 0.25) is 5.91 Å². The van der Waals surface area contributed by atoms with Crippen molar-refractivity contribution in [2.45, 2.75) is 64.7 Å². The highest BCUT2D eigenvalue weighted by molar-refractivity contribution is 5.84. The van der Waals surface area contributed by atoms with Gasteiger partial charge in [-0.05, 0) is 32.1 Å². The third kappa shape index (κ3) is 1.89. The molecule has 15 heavy (non-hydrogen) atoms. The van der Waals surface area contributed by atoms with Crippen molar-refractivity contribution in [2.75, 3.05) is 0 Å². The molecule has 1 saturated carbocycles. The van der Waals surface area contributed by atoms with E-state index in [0.29, 0.717) is 11.9 Å². The summed E-state index contributed by atoms with van der Waals surface area (Å²) in [7, 11) is 0. The highest BCUT2D eigenvalue weighted by Crippen LogP contribution is 2.34. The number of hydrogen-bond donors (Lipinski definition) is 1. The minimum atomic E-state index is 0.0842. The van der Waals surface area contributed by atoms with Crippen LogP contribution in [0.3, 0.4) is 0 Å². The Hall–Kier alpha value is -0.570. The number of hydrogen-bond acceptors (Lipinski definition) is 2. The van der Waals surface area contributed by atoms with Crippen molar-refractivity contribution in [3.05, 3.63) is 0 Å². The van der Waals surface area contributed by atoms with Crippen LogP contribution in [0.15, 0.2) is 0 Å². The average molecular weight is 210 g/mol. The first-order valence-corrected chi connectivity index (χ1v) is 6.21. The average Bonchev–Trinajstić information content (AvgIpc) is 2.39. The van der Waals surface area contributed by atoms with E-state index in [-0.39, 0.29) is 12.2 Å². The van der Waals surface area contributed by atoms with Crippen LogP contribution in [0.2, 0.25) is 0 Å². The third-order valence-corrected chi connectivity index (χ3v) is 3.73. The minimum absolute atomic E-state index is 0.0842. The lowest BCUT2D eigenvalue weighted by Gasteiger charge is -2.41. The maximum Gasteiger partial charge on any atom is 0.241 e. The van der Waals surface area contributed by atoms with Gasteiger partial charge in [0.25, 0.3) is 0 Å². The van der Waals surface area contributed by atoms with Gasteiger partial charge in [-0.2, -0.15) is 0 Å². The second kappa shape index (κ2) is 4.12. The van der Waals surface area contributed by atoms with Crippen molar-refractivity contribution in [3.8, 4) is 0 Å². The summed E-state index contributed by atoms with van der Waals surface area (Å²) in [5.74, 6) is 1.14. The van der Waals surface area contributed by atoms with Crippen LogP contribution in [-0.4, -0.2) is 29.1 Å². The van der Waals surface area contributed by atoms with E-state index < -0.39 is 0 Å². The van der Waals surface area contributed by atoms with E-state index in [4.69, 9.17) is 0 Å². The molecule has 2 aliphatic rings. The summed E-state index contributed by atoms with van der Waals surface area (Å²) >= 11 is 0. The van der Waals surface area contributed by atoms with Gasteiger partial charge in [-0.15, -0.1) is 0 Å². The smallest absolute Gasteiger partial charge is 0.241 e. The van der Waals surface area contributed by atoms with Crippen LogP contribution >= 0.6 is 0 Å². The van der Waals surface area contributed by atoms with Crippen molar-refractivity contribution in [2.24, 2.45) is 5.92 Å². The van der Waals surface area contributed by atoms with Gasteiger partial charge in [0.1, 0.15) is 0 Å². The lowest BCUT2D eigenvalue weighted by atomic mass is 9.80. The van der Waals surface area contributed by atoms with Gasteiger partial charge in [-0.3, -0.25) is 10.1 Å². The van der Waals surface area contributed by atoms with Gasteiger partial charge in [-0.25, -0.2) is 0 Å². The van der Waals surface area contributed by atoms with Gasteiger partial charge < -0.3 is 4.90 Å². The van der Waals surface area contributed by atoms with E-state index >= 15 is 0 Å². The van der Waals surface area contributed by atoms with Crippen molar-refractivity contribution >= 4 is 5.91 Å². The highest BCUT2D eigenvalue weighted by atomic mass is 16.2. The van der Waals surface area contributed by atoms with Gasteiger partial charge in [0, 0.05) is 6.04 Å². The fourth-order valence-electron chi connectivity index (χ4n) is 2.89. The molecule has 1 amide bonds. The third-order valence-electron chi connectivity index (χ3n) is 3.73. The first kappa shape index (κ1) is 10.9. The molecule has 2 rings (SSSR count). The second-order valence-corrected chi connectivity index (χ2v) is 5.16. The molecule has 1 heterocycles. The molecule has 3 heteroatoms. The van der Waals surface area contributed by atoms with E-state index in [2.05, 4.69) is 31.0 Å².